The van der Waals surface area contributed by atoms with Crippen molar-refractivity contribution in [1.29, 1.82) is 0 Å². The zero-order valence-electron chi connectivity index (χ0n) is 22.2. The Balaban J connectivity index is 1.24. The molecular formula is C32H32FN5O. The standard InChI is InChI=1S/C32H32FN5O/c1-19-13-25-15-23(24-5-9-29-28(16-24)32(34)38-37-29)6-10-31(25)39-12-11-22(19)17-30-27(20(2)35-18-36-30)14-21-3-7-26(33)8-4-21/h3-10,15-16,18-19,22H,11-14,17H2,1-2H3,(H3,34,37,38). The summed E-state index contributed by atoms with van der Waals surface area (Å²) in [7, 11) is 0. The highest BCUT2D eigenvalue weighted by atomic mass is 19.1. The van der Waals surface area contributed by atoms with Gasteiger partial charge in [0.15, 0.2) is 5.82 Å². The minimum atomic E-state index is -0.224. The number of aromatic nitrogens is 4. The van der Waals surface area contributed by atoms with Crippen LogP contribution in [0.15, 0.2) is 67.0 Å². The molecule has 7 heteroatoms. The third-order valence-electron chi connectivity index (χ3n) is 8.08. The third-order valence-corrected chi connectivity index (χ3v) is 8.08. The van der Waals surface area contributed by atoms with Crippen LogP contribution in [0.2, 0.25) is 0 Å². The van der Waals surface area contributed by atoms with Gasteiger partial charge in [0.25, 0.3) is 0 Å². The van der Waals surface area contributed by atoms with Crippen LogP contribution in [-0.4, -0.2) is 26.8 Å². The zero-order valence-corrected chi connectivity index (χ0v) is 22.2. The van der Waals surface area contributed by atoms with Gasteiger partial charge in [0.1, 0.15) is 17.9 Å². The molecule has 5 aromatic rings. The van der Waals surface area contributed by atoms with Crippen molar-refractivity contribution in [3.63, 3.8) is 0 Å². The molecule has 1 aliphatic heterocycles. The number of aryl methyl sites for hydroxylation is 1. The van der Waals surface area contributed by atoms with E-state index in [0.717, 1.165) is 69.6 Å². The largest absolute Gasteiger partial charge is 0.493 e. The maximum Gasteiger partial charge on any atom is 0.153 e. The zero-order chi connectivity index (χ0) is 26.9. The van der Waals surface area contributed by atoms with Gasteiger partial charge in [-0.25, -0.2) is 14.4 Å². The summed E-state index contributed by atoms with van der Waals surface area (Å²) in [5, 5.41) is 8.02. The quantitative estimate of drug-likeness (QED) is 0.277. The minimum Gasteiger partial charge on any atom is -0.493 e. The summed E-state index contributed by atoms with van der Waals surface area (Å²) in [6.07, 6.45) is 5.08. The van der Waals surface area contributed by atoms with E-state index in [9.17, 15) is 4.39 Å². The Morgan fingerprint density at radius 2 is 1.82 bits per heavy atom. The fourth-order valence-electron chi connectivity index (χ4n) is 5.71. The Kier molecular flexibility index (Phi) is 6.73. The molecule has 2 aromatic heterocycles. The second kappa shape index (κ2) is 10.5. The Morgan fingerprint density at radius 3 is 2.67 bits per heavy atom. The highest BCUT2D eigenvalue weighted by Gasteiger charge is 2.25. The van der Waals surface area contributed by atoms with E-state index in [1.165, 1.54) is 17.7 Å². The number of benzene rings is 3. The number of fused-ring (bicyclic) bond motifs is 2. The Hall–Kier alpha value is -4.26. The molecule has 0 amide bonds. The number of aromatic amines is 1. The van der Waals surface area contributed by atoms with E-state index < -0.39 is 0 Å². The van der Waals surface area contributed by atoms with Crippen molar-refractivity contribution >= 4 is 16.7 Å². The van der Waals surface area contributed by atoms with Crippen LogP contribution in [0.4, 0.5) is 10.2 Å². The van der Waals surface area contributed by atoms with E-state index in [-0.39, 0.29) is 5.82 Å². The molecule has 0 aliphatic carbocycles. The summed E-state index contributed by atoms with van der Waals surface area (Å²) in [6, 6.07) is 19.4. The van der Waals surface area contributed by atoms with Gasteiger partial charge in [-0.05, 0) is 102 Å². The lowest BCUT2D eigenvalue weighted by Gasteiger charge is -2.29. The van der Waals surface area contributed by atoms with Crippen molar-refractivity contribution in [2.75, 3.05) is 12.3 Å². The molecule has 0 radical (unpaired) electrons. The lowest BCUT2D eigenvalue weighted by molar-refractivity contribution is 0.220. The molecule has 198 valence electrons. The molecule has 6 rings (SSSR count). The number of nitrogens with two attached hydrogens (primary N) is 1. The maximum atomic E-state index is 13.5. The average Bonchev–Trinajstić information content (AvgIpc) is 3.30. The number of hydrogen-bond acceptors (Lipinski definition) is 5. The predicted octanol–water partition coefficient (Wildman–Crippen LogP) is 6.46. The molecular weight excluding hydrogens is 489 g/mol. The molecule has 0 fully saturated rings. The number of rotatable bonds is 5. The highest BCUT2D eigenvalue weighted by molar-refractivity contribution is 5.92. The van der Waals surface area contributed by atoms with E-state index in [1.54, 1.807) is 6.33 Å². The van der Waals surface area contributed by atoms with Gasteiger partial charge in [-0.15, -0.1) is 0 Å². The lowest BCUT2D eigenvalue weighted by Crippen LogP contribution is -2.24. The van der Waals surface area contributed by atoms with Crippen molar-refractivity contribution in [2.24, 2.45) is 11.8 Å². The van der Waals surface area contributed by atoms with Crippen molar-refractivity contribution < 1.29 is 9.13 Å². The Bertz CT molecular complexity index is 1630. The summed E-state index contributed by atoms with van der Waals surface area (Å²) in [5.74, 6) is 2.09. The first-order valence-electron chi connectivity index (χ1n) is 13.5. The van der Waals surface area contributed by atoms with E-state index in [0.29, 0.717) is 30.7 Å². The van der Waals surface area contributed by atoms with E-state index >= 15 is 0 Å². The average molecular weight is 522 g/mol. The molecule has 3 N–H and O–H groups in total. The first kappa shape index (κ1) is 25.0. The summed E-state index contributed by atoms with van der Waals surface area (Å²) in [6.45, 7) is 5.02. The van der Waals surface area contributed by atoms with Crippen LogP contribution >= 0.6 is 0 Å². The van der Waals surface area contributed by atoms with Gasteiger partial charge < -0.3 is 10.5 Å². The van der Waals surface area contributed by atoms with Gasteiger partial charge in [0.05, 0.1) is 12.1 Å². The van der Waals surface area contributed by atoms with Gasteiger partial charge in [0, 0.05) is 23.2 Å². The topological polar surface area (TPSA) is 89.7 Å². The van der Waals surface area contributed by atoms with Crippen LogP contribution in [-0.2, 0) is 19.3 Å². The maximum absolute atomic E-state index is 13.5. The smallest absolute Gasteiger partial charge is 0.153 e. The van der Waals surface area contributed by atoms with Crippen molar-refractivity contribution in [3.05, 3.63) is 101 Å². The number of halogens is 1. The second-order valence-electron chi connectivity index (χ2n) is 10.7. The molecule has 0 bridgehead atoms. The molecule has 2 atom stereocenters. The van der Waals surface area contributed by atoms with Gasteiger partial charge in [-0.1, -0.05) is 31.2 Å². The molecule has 3 aromatic carbocycles. The first-order valence-corrected chi connectivity index (χ1v) is 13.5. The number of anilines is 1. The number of ether oxygens (including phenoxy) is 1. The predicted molar refractivity (Wildman–Crippen MR) is 152 cm³/mol. The number of hydrogen-bond donors (Lipinski definition) is 2. The molecule has 0 saturated carbocycles. The monoisotopic (exact) mass is 521 g/mol. The van der Waals surface area contributed by atoms with Crippen LogP contribution < -0.4 is 10.5 Å². The van der Waals surface area contributed by atoms with Crippen molar-refractivity contribution in [3.8, 4) is 16.9 Å². The summed E-state index contributed by atoms with van der Waals surface area (Å²) < 4.78 is 19.7. The highest BCUT2D eigenvalue weighted by Crippen LogP contribution is 2.35. The van der Waals surface area contributed by atoms with E-state index in [1.807, 2.05) is 25.1 Å². The molecule has 0 saturated heterocycles. The Morgan fingerprint density at radius 1 is 1.03 bits per heavy atom. The van der Waals surface area contributed by atoms with Crippen LogP contribution in [0.25, 0.3) is 22.0 Å². The van der Waals surface area contributed by atoms with Gasteiger partial charge in [0.2, 0.25) is 0 Å². The number of nitrogens with zero attached hydrogens (tertiary/aromatic N) is 3. The molecule has 0 spiro atoms. The normalized spacial score (nSPS) is 17.3. The second-order valence-corrected chi connectivity index (χ2v) is 10.7. The fourth-order valence-corrected chi connectivity index (χ4v) is 5.71. The third kappa shape index (κ3) is 5.21. The number of H-pyrrole nitrogens is 1. The summed E-state index contributed by atoms with van der Waals surface area (Å²) in [4.78, 5) is 9.18. The SMILES string of the molecule is Cc1ncnc(CC2CCOc3ccc(-c4ccc5[nH]nc(N)c5c4)cc3CC2C)c1Cc1ccc(F)cc1. The summed E-state index contributed by atoms with van der Waals surface area (Å²) >= 11 is 0. The Labute approximate surface area is 227 Å². The van der Waals surface area contributed by atoms with Crippen LogP contribution in [0.1, 0.15) is 41.4 Å². The van der Waals surface area contributed by atoms with Gasteiger partial charge >= 0.3 is 0 Å². The van der Waals surface area contributed by atoms with E-state index in [2.05, 4.69) is 52.4 Å². The lowest BCUT2D eigenvalue weighted by atomic mass is 9.81. The van der Waals surface area contributed by atoms with E-state index in [4.69, 9.17) is 15.5 Å². The van der Waals surface area contributed by atoms with Crippen LogP contribution in [0, 0.1) is 24.6 Å². The van der Waals surface area contributed by atoms with Crippen LogP contribution in [0.5, 0.6) is 5.75 Å². The molecule has 6 nitrogen and oxygen atoms in total. The first-order chi connectivity index (χ1) is 18.9. The summed E-state index contributed by atoms with van der Waals surface area (Å²) in [5.41, 5.74) is 14.7. The van der Waals surface area contributed by atoms with Gasteiger partial charge in [-0.2, -0.15) is 5.10 Å². The fraction of sp³-hybridized carbons (Fsp3) is 0.281. The minimum absolute atomic E-state index is 0.224. The van der Waals surface area contributed by atoms with Crippen molar-refractivity contribution in [1.82, 2.24) is 20.2 Å². The van der Waals surface area contributed by atoms with Crippen LogP contribution in [0.3, 0.4) is 0 Å². The number of nitrogen functional groups attached to an aromatic ring is 1. The molecule has 39 heavy (non-hydrogen) atoms. The van der Waals surface area contributed by atoms with Crippen molar-refractivity contribution in [2.45, 2.75) is 39.5 Å². The molecule has 3 heterocycles. The molecule has 2 unspecified atom stereocenters. The number of nitrogens with one attached hydrogen (secondary N) is 1. The van der Waals surface area contributed by atoms with Gasteiger partial charge in [-0.3, -0.25) is 5.10 Å². The molecule has 1 aliphatic rings.